The maximum Gasteiger partial charge on any atom is -0.358 e. The first-order valence-electron chi connectivity index (χ1n) is 0.517. The Kier molecular flexibility index (Phi) is 24.7. The molecule has 0 fully saturated rings. The Morgan fingerprint density at radius 2 is 1.17 bits per heavy atom. The molecular formula is C3H8Cl2Ru-2. The van der Waals surface area contributed by atoms with Gasteiger partial charge < -0.3 is 14.9 Å². The molecule has 0 aromatic heterocycles. The van der Waals surface area contributed by atoms with Crippen LogP contribution in [0.25, 0.3) is 0 Å². The van der Waals surface area contributed by atoms with E-state index < -0.39 is 13.5 Å². The molecule has 44 valence electrons. The third kappa shape index (κ3) is 73.1. The van der Waals surface area contributed by atoms with Gasteiger partial charge in [-0.2, -0.15) is 0 Å². The van der Waals surface area contributed by atoms with E-state index in [0.29, 0.717) is 0 Å². The van der Waals surface area contributed by atoms with Crippen LogP contribution in [0.3, 0.4) is 0 Å². The van der Waals surface area contributed by atoms with Crippen LogP contribution >= 0.6 is 19.4 Å². The first-order chi connectivity index (χ1) is 1.73. The number of halogens is 2. The van der Waals surface area contributed by atoms with Gasteiger partial charge in [0.1, 0.15) is 0 Å². The Balaban J connectivity index is -0.0000000450. The van der Waals surface area contributed by atoms with E-state index in [0.717, 1.165) is 0 Å². The predicted octanol–water partition coefficient (Wildman–Crippen LogP) is 2.24. The zero-order valence-corrected chi connectivity index (χ0v) is 7.07. The minimum Gasteiger partial charge on any atom is -0.358 e. The molecule has 0 bridgehead atoms. The normalized spacial score (nSPS) is 7.33. The van der Waals surface area contributed by atoms with Gasteiger partial charge in [-0.3, -0.25) is 0 Å². The molecule has 0 aromatic carbocycles. The van der Waals surface area contributed by atoms with E-state index in [1.54, 1.807) is 0 Å². The second-order valence-electron chi connectivity index (χ2n) is 0.239. The van der Waals surface area contributed by atoms with Crippen LogP contribution in [0, 0.1) is 14.9 Å². The summed E-state index contributed by atoms with van der Waals surface area (Å²) < 4.78 is 0. The summed E-state index contributed by atoms with van der Waals surface area (Å²) in [5, 5.41) is 3.31. The molecule has 0 unspecified atom stereocenters. The zero-order valence-electron chi connectivity index (χ0n) is 3.82. The van der Waals surface area contributed by atoms with Gasteiger partial charge in [0, 0.05) is 0 Å². The number of rotatable bonds is 0. The molecule has 0 atom stereocenters. The van der Waals surface area contributed by atoms with Crippen molar-refractivity contribution in [3.63, 3.8) is 0 Å². The summed E-state index contributed by atoms with van der Waals surface area (Å²) >= 11 is -1.48. The van der Waals surface area contributed by atoms with Gasteiger partial charge in [0.05, 0.1) is 0 Å². The van der Waals surface area contributed by atoms with Gasteiger partial charge in [-0.25, -0.2) is 0 Å². The topological polar surface area (TPSA) is 0 Å². The maximum atomic E-state index is 5.07. The molecule has 0 aliphatic heterocycles. The third-order valence-corrected chi connectivity index (χ3v) is 0. The average Bonchev–Trinajstić information content (AvgIpc) is 0.811. The minimum atomic E-state index is -1.48. The molecule has 0 nitrogen and oxygen atoms in total. The van der Waals surface area contributed by atoms with E-state index in [9.17, 15) is 0 Å². The van der Waals surface area contributed by atoms with Crippen molar-refractivity contribution < 1.29 is 13.5 Å². The van der Waals surface area contributed by atoms with Gasteiger partial charge in [-0.15, -0.1) is 0 Å². The smallest absolute Gasteiger partial charge is 0.358 e. The molecule has 0 heterocycles. The van der Waals surface area contributed by atoms with E-state index in [2.05, 4.69) is 5.11 Å². The summed E-state index contributed by atoms with van der Waals surface area (Å²) in [5.74, 6) is 0. The minimum absolute atomic E-state index is 0. The molecule has 0 saturated heterocycles. The Bertz CT molecular complexity index is 31.8. The van der Waals surface area contributed by atoms with Gasteiger partial charge in [0.15, 0.2) is 0 Å². The van der Waals surface area contributed by atoms with Crippen LogP contribution in [0.4, 0.5) is 0 Å². The van der Waals surface area contributed by atoms with Crippen molar-refractivity contribution in [2.75, 3.05) is 0 Å². The van der Waals surface area contributed by atoms with Crippen molar-refractivity contribution in [1.29, 1.82) is 0 Å². The fraction of sp³-hybridized carbons (Fsp3) is 0. The molecule has 0 spiro atoms. The van der Waals surface area contributed by atoms with Crippen LogP contribution in [-0.2, 0) is 13.5 Å². The molecule has 0 aliphatic carbocycles. The van der Waals surface area contributed by atoms with Crippen molar-refractivity contribution in [3.05, 3.63) is 14.9 Å². The van der Waals surface area contributed by atoms with E-state index in [-0.39, 0.29) is 14.9 Å². The number of hydrogen-bond acceptors (Lipinski definition) is 0. The summed E-state index contributed by atoms with van der Waals surface area (Å²) in [6.07, 6.45) is 0. The summed E-state index contributed by atoms with van der Waals surface area (Å²) in [5.41, 5.74) is 0. The van der Waals surface area contributed by atoms with Gasteiger partial charge >= 0.3 is 38.0 Å². The molecule has 0 amide bonds. The van der Waals surface area contributed by atoms with E-state index >= 15 is 0 Å². The monoisotopic (exact) mass is 216 g/mol. The molecule has 0 N–H and O–H groups in total. The van der Waals surface area contributed by atoms with E-state index in [1.807, 2.05) is 0 Å². The fourth-order valence-electron chi connectivity index (χ4n) is 0. The van der Waals surface area contributed by atoms with Crippen LogP contribution in [0.15, 0.2) is 0 Å². The molecule has 6 heavy (non-hydrogen) atoms. The quantitative estimate of drug-likeness (QED) is 0.430. The molecule has 0 saturated carbocycles. The molecular weight excluding hydrogens is 208 g/mol. The van der Waals surface area contributed by atoms with Crippen LogP contribution in [0.5, 0.6) is 0 Å². The first kappa shape index (κ1) is 15.7. The zero-order chi connectivity index (χ0) is 3.58. The summed E-state index contributed by atoms with van der Waals surface area (Å²) in [6, 6.07) is 0. The largest absolute Gasteiger partial charge is 0.358 e. The standard InChI is InChI=1S/2CH3.CH2.2ClH.Ru/h2*1H3;1H2;2*1H;/q2*-1;;;;+2/p-2. The molecule has 0 aliphatic rings. The Morgan fingerprint density at radius 1 is 1.17 bits per heavy atom. The fourth-order valence-corrected chi connectivity index (χ4v) is 0. The first-order valence-corrected chi connectivity index (χ1v) is 6.22. The predicted molar refractivity (Wildman–Crippen MR) is 31.7 cm³/mol. The third-order valence-electron chi connectivity index (χ3n) is 0. The van der Waals surface area contributed by atoms with Crippen LogP contribution in [-0.4, -0.2) is 5.11 Å². The van der Waals surface area contributed by atoms with Crippen LogP contribution < -0.4 is 0 Å². The molecule has 0 aromatic rings. The molecule has 0 rings (SSSR count). The molecule has 3 heteroatoms. The Morgan fingerprint density at radius 3 is 1.17 bits per heavy atom. The van der Waals surface area contributed by atoms with Gasteiger partial charge in [-0.1, -0.05) is 0 Å². The van der Waals surface area contributed by atoms with E-state index in [1.165, 1.54) is 0 Å². The van der Waals surface area contributed by atoms with Gasteiger partial charge in [-0.05, 0) is 0 Å². The summed E-state index contributed by atoms with van der Waals surface area (Å²) in [7, 11) is 10.1. The van der Waals surface area contributed by atoms with E-state index in [4.69, 9.17) is 19.4 Å². The number of hydrogen-bond donors (Lipinski definition) is 0. The van der Waals surface area contributed by atoms with Gasteiger partial charge in [0.25, 0.3) is 0 Å². The summed E-state index contributed by atoms with van der Waals surface area (Å²) in [6.45, 7) is 0. The Hall–Kier alpha value is 1.07. The second kappa shape index (κ2) is 9.42. The van der Waals surface area contributed by atoms with Crippen LogP contribution in [0.2, 0.25) is 0 Å². The van der Waals surface area contributed by atoms with Crippen molar-refractivity contribution in [2.45, 2.75) is 0 Å². The van der Waals surface area contributed by atoms with Crippen molar-refractivity contribution in [2.24, 2.45) is 0 Å². The second-order valence-corrected chi connectivity index (χ2v) is 6.04. The molecule has 0 radical (unpaired) electrons. The maximum absolute atomic E-state index is 5.07. The average molecular weight is 216 g/mol. The van der Waals surface area contributed by atoms with Gasteiger partial charge in [0.2, 0.25) is 0 Å². The van der Waals surface area contributed by atoms with Crippen molar-refractivity contribution in [1.82, 2.24) is 0 Å². The summed E-state index contributed by atoms with van der Waals surface area (Å²) in [4.78, 5) is 0. The van der Waals surface area contributed by atoms with Crippen molar-refractivity contribution >= 4 is 24.5 Å². The van der Waals surface area contributed by atoms with Crippen LogP contribution in [0.1, 0.15) is 0 Å². The van der Waals surface area contributed by atoms with Crippen molar-refractivity contribution in [3.8, 4) is 0 Å². The Labute approximate surface area is 53.0 Å². The SMILES string of the molecule is [CH2]=[Ru]([Cl])[Cl].[CH3-].[CH3-].